The maximum Gasteiger partial charge on any atom is 0.138 e. The normalized spacial score (nSPS) is 18.8. The Morgan fingerprint density at radius 3 is 2.69 bits per heavy atom. The summed E-state index contributed by atoms with van der Waals surface area (Å²) < 4.78 is 11.2. The van der Waals surface area contributed by atoms with Crippen LogP contribution in [0.15, 0.2) is 18.2 Å². The summed E-state index contributed by atoms with van der Waals surface area (Å²) in [6.07, 6.45) is 0. The van der Waals surface area contributed by atoms with Gasteiger partial charge in [0.15, 0.2) is 0 Å². The highest BCUT2D eigenvalue weighted by Crippen LogP contribution is 2.21. The summed E-state index contributed by atoms with van der Waals surface area (Å²) in [6.45, 7) is 2.54. The van der Waals surface area contributed by atoms with Crippen molar-refractivity contribution in [1.82, 2.24) is 4.90 Å². The van der Waals surface area contributed by atoms with Gasteiger partial charge in [-0.25, -0.2) is 0 Å². The standard InChI is InChI=1S/C11H16N2O2S/c12-10-7-9(1-2-11(10)14)8-13-3-5-16(15)6-4-13/h1-2,7,14H,3-6,8,12H2. The minimum atomic E-state index is -0.633. The average Bonchev–Trinajstić information content (AvgIpc) is 2.27. The van der Waals surface area contributed by atoms with Crippen molar-refractivity contribution in [3.63, 3.8) is 0 Å². The summed E-state index contributed by atoms with van der Waals surface area (Å²) in [5.41, 5.74) is 7.13. The largest absolute Gasteiger partial charge is 0.506 e. The molecule has 1 aliphatic rings. The van der Waals surface area contributed by atoms with Gasteiger partial charge in [-0.2, -0.15) is 0 Å². The molecule has 0 aromatic heterocycles. The molecule has 0 aliphatic carbocycles. The number of rotatable bonds is 2. The maximum atomic E-state index is 11.2. The molecular weight excluding hydrogens is 224 g/mol. The predicted molar refractivity (Wildman–Crippen MR) is 65.7 cm³/mol. The summed E-state index contributed by atoms with van der Waals surface area (Å²) in [4.78, 5) is 2.26. The van der Waals surface area contributed by atoms with Crippen molar-refractivity contribution in [3.05, 3.63) is 23.8 Å². The lowest BCUT2D eigenvalue weighted by Crippen LogP contribution is -2.37. The van der Waals surface area contributed by atoms with Gasteiger partial charge in [0, 0.05) is 41.9 Å². The molecule has 1 aliphatic heterocycles. The lowest BCUT2D eigenvalue weighted by Gasteiger charge is -2.26. The van der Waals surface area contributed by atoms with Gasteiger partial charge in [-0.3, -0.25) is 9.11 Å². The van der Waals surface area contributed by atoms with E-state index in [9.17, 15) is 9.32 Å². The van der Waals surface area contributed by atoms with Gasteiger partial charge in [0.2, 0.25) is 0 Å². The Balaban J connectivity index is 1.98. The van der Waals surface area contributed by atoms with Crippen LogP contribution < -0.4 is 5.73 Å². The molecule has 16 heavy (non-hydrogen) atoms. The van der Waals surface area contributed by atoms with Gasteiger partial charge in [-0.05, 0) is 17.7 Å². The number of nitrogen functional groups attached to an aromatic ring is 1. The van der Waals surface area contributed by atoms with E-state index in [4.69, 9.17) is 5.73 Å². The van der Waals surface area contributed by atoms with E-state index in [1.165, 1.54) is 0 Å². The van der Waals surface area contributed by atoms with Crippen LogP contribution in [0.3, 0.4) is 0 Å². The molecule has 1 fully saturated rings. The quantitative estimate of drug-likeness (QED) is 0.585. The molecule has 0 amide bonds. The number of benzene rings is 1. The molecule has 1 aromatic rings. The Bertz CT molecular complexity index is 399. The third-order valence-electron chi connectivity index (χ3n) is 2.77. The molecular formula is C11H16N2O2S. The van der Waals surface area contributed by atoms with Gasteiger partial charge < -0.3 is 10.8 Å². The summed E-state index contributed by atoms with van der Waals surface area (Å²) >= 11 is 0. The Morgan fingerprint density at radius 2 is 2.06 bits per heavy atom. The second-order valence-electron chi connectivity index (χ2n) is 4.02. The fourth-order valence-electron chi connectivity index (χ4n) is 1.79. The van der Waals surface area contributed by atoms with E-state index in [1.807, 2.05) is 6.07 Å². The van der Waals surface area contributed by atoms with Crippen LogP contribution in [0.1, 0.15) is 5.56 Å². The van der Waals surface area contributed by atoms with Crippen LogP contribution in [0.5, 0.6) is 5.75 Å². The molecule has 0 atom stereocenters. The minimum absolute atomic E-state index is 0.128. The van der Waals surface area contributed by atoms with Gasteiger partial charge in [0.05, 0.1) is 5.69 Å². The molecule has 3 N–H and O–H groups in total. The molecule has 1 heterocycles. The minimum Gasteiger partial charge on any atom is -0.506 e. The van der Waals surface area contributed by atoms with E-state index in [0.29, 0.717) is 5.69 Å². The molecule has 1 aromatic carbocycles. The predicted octanol–water partition coefficient (Wildman–Crippen LogP) is 0.539. The fraction of sp³-hybridized carbons (Fsp3) is 0.455. The zero-order valence-corrected chi connectivity index (χ0v) is 9.87. The highest BCUT2D eigenvalue weighted by molar-refractivity contribution is 7.85. The zero-order chi connectivity index (χ0) is 11.5. The van der Waals surface area contributed by atoms with E-state index in [1.54, 1.807) is 12.1 Å². The van der Waals surface area contributed by atoms with E-state index in [2.05, 4.69) is 4.90 Å². The molecule has 5 heteroatoms. The molecule has 0 saturated carbocycles. The van der Waals surface area contributed by atoms with Gasteiger partial charge >= 0.3 is 0 Å². The fourth-order valence-corrected chi connectivity index (χ4v) is 2.92. The van der Waals surface area contributed by atoms with Crippen molar-refractivity contribution in [2.45, 2.75) is 6.54 Å². The van der Waals surface area contributed by atoms with Crippen molar-refractivity contribution >= 4 is 16.5 Å². The van der Waals surface area contributed by atoms with Crippen LogP contribution in [0, 0.1) is 0 Å². The second-order valence-corrected chi connectivity index (χ2v) is 5.71. The van der Waals surface area contributed by atoms with Gasteiger partial charge in [-0.15, -0.1) is 0 Å². The molecule has 0 bridgehead atoms. The molecule has 4 nitrogen and oxygen atoms in total. The first kappa shape index (κ1) is 11.4. The van der Waals surface area contributed by atoms with Crippen molar-refractivity contribution in [2.75, 3.05) is 30.3 Å². The van der Waals surface area contributed by atoms with E-state index in [-0.39, 0.29) is 5.75 Å². The number of phenols is 1. The lowest BCUT2D eigenvalue weighted by molar-refractivity contribution is 0.291. The summed E-state index contributed by atoms with van der Waals surface area (Å²) in [7, 11) is -0.633. The van der Waals surface area contributed by atoms with Crippen molar-refractivity contribution in [1.29, 1.82) is 0 Å². The molecule has 1 saturated heterocycles. The third-order valence-corrected chi connectivity index (χ3v) is 4.04. The first-order valence-electron chi connectivity index (χ1n) is 5.30. The molecule has 88 valence electrons. The van der Waals surface area contributed by atoms with Crippen molar-refractivity contribution < 1.29 is 9.32 Å². The molecule has 2 rings (SSSR count). The molecule has 0 unspecified atom stereocenters. The first-order chi connectivity index (χ1) is 7.65. The Hall–Kier alpha value is -1.07. The van der Waals surface area contributed by atoms with Crippen LogP contribution >= 0.6 is 0 Å². The van der Waals surface area contributed by atoms with Gasteiger partial charge in [-0.1, -0.05) is 6.07 Å². The lowest BCUT2D eigenvalue weighted by atomic mass is 10.2. The number of nitrogens with zero attached hydrogens (tertiary/aromatic N) is 1. The topological polar surface area (TPSA) is 66.6 Å². The van der Waals surface area contributed by atoms with Crippen LogP contribution in [0.2, 0.25) is 0 Å². The van der Waals surface area contributed by atoms with Crippen molar-refractivity contribution in [3.8, 4) is 5.75 Å². The van der Waals surface area contributed by atoms with Gasteiger partial charge in [0.25, 0.3) is 0 Å². The smallest absolute Gasteiger partial charge is 0.138 e. The Morgan fingerprint density at radius 1 is 1.38 bits per heavy atom. The number of phenolic OH excluding ortho intramolecular Hbond substituents is 1. The van der Waals surface area contributed by atoms with Crippen LogP contribution in [0.4, 0.5) is 5.69 Å². The van der Waals surface area contributed by atoms with Crippen LogP contribution in [0.25, 0.3) is 0 Å². The summed E-state index contributed by atoms with van der Waals surface area (Å²) in [5.74, 6) is 1.64. The number of aromatic hydroxyl groups is 1. The van der Waals surface area contributed by atoms with Crippen LogP contribution in [-0.2, 0) is 17.3 Å². The number of hydrogen-bond acceptors (Lipinski definition) is 4. The second kappa shape index (κ2) is 4.84. The maximum absolute atomic E-state index is 11.2. The van der Waals surface area contributed by atoms with Crippen LogP contribution in [-0.4, -0.2) is 38.8 Å². The highest BCUT2D eigenvalue weighted by atomic mass is 32.2. The molecule has 0 spiro atoms. The number of hydrogen-bond donors (Lipinski definition) is 2. The molecule has 0 radical (unpaired) electrons. The highest BCUT2D eigenvalue weighted by Gasteiger charge is 2.15. The van der Waals surface area contributed by atoms with E-state index in [0.717, 1.165) is 36.7 Å². The third kappa shape index (κ3) is 2.74. The van der Waals surface area contributed by atoms with E-state index < -0.39 is 10.8 Å². The average molecular weight is 240 g/mol. The number of nitrogens with two attached hydrogens (primary N) is 1. The Kier molecular flexibility index (Phi) is 3.46. The Labute approximate surface area is 97.5 Å². The first-order valence-corrected chi connectivity index (χ1v) is 6.78. The summed E-state index contributed by atoms with van der Waals surface area (Å²) in [5, 5.41) is 9.31. The monoisotopic (exact) mass is 240 g/mol. The van der Waals surface area contributed by atoms with Crippen molar-refractivity contribution in [2.24, 2.45) is 0 Å². The van der Waals surface area contributed by atoms with Gasteiger partial charge in [0.1, 0.15) is 5.75 Å². The summed E-state index contributed by atoms with van der Waals surface area (Å²) in [6, 6.07) is 5.28. The van der Waals surface area contributed by atoms with E-state index >= 15 is 0 Å². The number of anilines is 1. The SMILES string of the molecule is Nc1cc(CN2CCS(=O)CC2)ccc1O. The zero-order valence-electron chi connectivity index (χ0n) is 9.06.